The number of hydrogen-bond acceptors (Lipinski definition) is 6. The van der Waals surface area contributed by atoms with Crippen molar-refractivity contribution in [1.82, 2.24) is 15.3 Å². The van der Waals surface area contributed by atoms with Gasteiger partial charge in [0.25, 0.3) is 0 Å². The molecule has 116 valence electrons. The highest BCUT2D eigenvalue weighted by atomic mass is 32.2. The second-order valence-corrected chi connectivity index (χ2v) is 5.97. The average Bonchev–Trinajstić information content (AvgIpc) is 3.28. The fourth-order valence-corrected chi connectivity index (χ4v) is 2.15. The minimum Gasteiger partial charge on any atom is -0.370 e. The van der Waals surface area contributed by atoms with Crippen molar-refractivity contribution in [2.24, 2.45) is 0 Å². The van der Waals surface area contributed by atoms with Gasteiger partial charge in [-0.25, -0.2) is 9.97 Å². The number of thioether (sulfide) groups is 1. The van der Waals surface area contributed by atoms with Crippen LogP contribution in [-0.2, 0) is 4.79 Å². The highest BCUT2D eigenvalue weighted by Crippen LogP contribution is 2.20. The van der Waals surface area contributed by atoms with Crippen molar-refractivity contribution >= 4 is 29.3 Å². The molecular weight excluding hydrogens is 286 g/mol. The average molecular weight is 309 g/mol. The van der Waals surface area contributed by atoms with Crippen molar-refractivity contribution in [2.45, 2.75) is 50.4 Å². The summed E-state index contributed by atoms with van der Waals surface area (Å²) in [6.45, 7) is 4.81. The molecule has 21 heavy (non-hydrogen) atoms. The molecule has 0 aliphatic heterocycles. The highest BCUT2D eigenvalue weighted by molar-refractivity contribution is 7.98. The van der Waals surface area contributed by atoms with Gasteiger partial charge in [-0.05, 0) is 32.4 Å². The molecule has 0 aromatic carbocycles. The molecule has 0 radical (unpaired) electrons. The summed E-state index contributed by atoms with van der Waals surface area (Å²) < 4.78 is 0. The molecule has 6 nitrogen and oxygen atoms in total. The van der Waals surface area contributed by atoms with E-state index in [9.17, 15) is 4.79 Å². The molecule has 2 rings (SSSR count). The molecule has 3 N–H and O–H groups in total. The second-order valence-electron chi connectivity index (χ2n) is 5.20. The number of carbonyl (C=O) groups is 1. The molecule has 1 aromatic rings. The summed E-state index contributed by atoms with van der Waals surface area (Å²) in [6.07, 6.45) is 5.15. The van der Waals surface area contributed by atoms with E-state index >= 15 is 0 Å². The van der Waals surface area contributed by atoms with Crippen molar-refractivity contribution in [3.8, 4) is 0 Å². The van der Waals surface area contributed by atoms with Crippen LogP contribution in [0.2, 0.25) is 0 Å². The quantitative estimate of drug-likeness (QED) is 0.504. The van der Waals surface area contributed by atoms with E-state index in [2.05, 4.69) is 32.8 Å². The Morgan fingerprint density at radius 2 is 2.14 bits per heavy atom. The van der Waals surface area contributed by atoms with E-state index < -0.39 is 0 Å². The summed E-state index contributed by atoms with van der Waals surface area (Å²) in [5.74, 6) is 1.48. The maximum Gasteiger partial charge on any atom is 0.242 e. The third kappa shape index (κ3) is 5.08. The zero-order valence-electron chi connectivity index (χ0n) is 12.8. The topological polar surface area (TPSA) is 78.9 Å². The van der Waals surface area contributed by atoms with Crippen LogP contribution in [0.15, 0.2) is 11.2 Å². The van der Waals surface area contributed by atoms with Crippen LogP contribution in [0.1, 0.15) is 33.1 Å². The molecule has 0 spiro atoms. The van der Waals surface area contributed by atoms with E-state index in [1.165, 1.54) is 11.8 Å². The highest BCUT2D eigenvalue weighted by Gasteiger charge is 2.25. The summed E-state index contributed by atoms with van der Waals surface area (Å²) in [5.41, 5.74) is 0. The molecule has 1 heterocycles. The number of nitrogens with one attached hydrogen (secondary N) is 3. The van der Waals surface area contributed by atoms with Gasteiger partial charge < -0.3 is 16.0 Å². The van der Waals surface area contributed by atoms with Crippen LogP contribution < -0.4 is 16.0 Å². The second kappa shape index (κ2) is 7.49. The molecule has 7 heteroatoms. The minimum absolute atomic E-state index is 0.0184. The predicted octanol–water partition coefficient (Wildman–Crippen LogP) is 2.10. The Morgan fingerprint density at radius 1 is 1.43 bits per heavy atom. The van der Waals surface area contributed by atoms with Gasteiger partial charge in [0.2, 0.25) is 5.91 Å². The first kappa shape index (κ1) is 15.9. The van der Waals surface area contributed by atoms with Gasteiger partial charge in [-0.15, -0.1) is 0 Å². The van der Waals surface area contributed by atoms with Crippen molar-refractivity contribution in [2.75, 3.05) is 23.4 Å². The molecule has 0 saturated heterocycles. The lowest BCUT2D eigenvalue weighted by Crippen LogP contribution is -2.38. The molecule has 1 aliphatic rings. The van der Waals surface area contributed by atoms with E-state index in [0.29, 0.717) is 17.0 Å². The third-order valence-corrected chi connectivity index (χ3v) is 3.67. The number of aromatic nitrogens is 2. The summed E-state index contributed by atoms with van der Waals surface area (Å²) in [6, 6.07) is 1.90. The van der Waals surface area contributed by atoms with Crippen LogP contribution in [0.3, 0.4) is 0 Å². The van der Waals surface area contributed by atoms with Crippen molar-refractivity contribution in [3.63, 3.8) is 0 Å². The lowest BCUT2D eigenvalue weighted by molar-refractivity contribution is -0.121. The van der Waals surface area contributed by atoms with Crippen LogP contribution in [0.5, 0.6) is 0 Å². The lowest BCUT2D eigenvalue weighted by Gasteiger charge is -2.15. The number of carbonyl (C=O) groups excluding carboxylic acids is 1. The SMILES string of the molecule is CCCNc1cc(NC(C)C(=O)NC2CC2)nc(SC)n1. The number of anilines is 2. The van der Waals surface area contributed by atoms with Crippen molar-refractivity contribution in [3.05, 3.63) is 6.07 Å². The molecular formula is C14H23N5OS. The van der Waals surface area contributed by atoms with Crippen LogP contribution in [-0.4, -0.2) is 40.8 Å². The Hall–Kier alpha value is -1.50. The Balaban J connectivity index is 2.00. The Kier molecular flexibility index (Phi) is 5.67. The van der Waals surface area contributed by atoms with Gasteiger partial charge in [-0.3, -0.25) is 4.79 Å². The monoisotopic (exact) mass is 309 g/mol. The third-order valence-electron chi connectivity index (χ3n) is 3.13. The maximum absolute atomic E-state index is 12.0. The van der Waals surface area contributed by atoms with Gasteiger partial charge in [-0.1, -0.05) is 18.7 Å². The molecule has 1 unspecified atom stereocenters. The molecule has 1 amide bonds. The van der Waals surface area contributed by atoms with Gasteiger partial charge in [0.05, 0.1) is 0 Å². The Bertz CT molecular complexity index is 492. The predicted molar refractivity (Wildman–Crippen MR) is 86.8 cm³/mol. The Labute approximate surface area is 129 Å². The fraction of sp³-hybridized carbons (Fsp3) is 0.643. The van der Waals surface area contributed by atoms with Gasteiger partial charge in [0, 0.05) is 18.7 Å². The fourth-order valence-electron chi connectivity index (χ4n) is 1.78. The maximum atomic E-state index is 12.0. The van der Waals surface area contributed by atoms with Crippen LogP contribution in [0.25, 0.3) is 0 Å². The lowest BCUT2D eigenvalue weighted by atomic mass is 10.3. The molecule has 1 aliphatic carbocycles. The molecule has 1 fully saturated rings. The standard InChI is InChI=1S/C14H23N5OS/c1-4-7-15-11-8-12(19-14(18-11)21-3)16-9(2)13(20)17-10-5-6-10/h8-10H,4-7H2,1-3H3,(H,17,20)(H2,15,16,18,19). The van der Waals surface area contributed by atoms with E-state index in [4.69, 9.17) is 0 Å². The van der Waals surface area contributed by atoms with Gasteiger partial charge >= 0.3 is 0 Å². The van der Waals surface area contributed by atoms with E-state index in [1.807, 2.05) is 19.2 Å². The van der Waals surface area contributed by atoms with Crippen LogP contribution >= 0.6 is 11.8 Å². The number of amides is 1. The molecule has 1 atom stereocenters. The minimum atomic E-state index is -0.311. The largest absolute Gasteiger partial charge is 0.370 e. The first-order valence-corrected chi connectivity index (χ1v) is 8.58. The van der Waals surface area contributed by atoms with Gasteiger partial charge in [0.15, 0.2) is 5.16 Å². The number of nitrogens with zero attached hydrogens (tertiary/aromatic N) is 2. The van der Waals surface area contributed by atoms with Gasteiger partial charge in [-0.2, -0.15) is 0 Å². The van der Waals surface area contributed by atoms with Crippen LogP contribution in [0, 0.1) is 0 Å². The van der Waals surface area contributed by atoms with Crippen molar-refractivity contribution < 1.29 is 4.79 Å². The van der Waals surface area contributed by atoms with E-state index in [1.54, 1.807) is 0 Å². The number of hydrogen-bond donors (Lipinski definition) is 3. The zero-order chi connectivity index (χ0) is 15.2. The number of rotatable bonds is 8. The van der Waals surface area contributed by atoms with Gasteiger partial charge in [0.1, 0.15) is 17.7 Å². The smallest absolute Gasteiger partial charge is 0.242 e. The first-order valence-electron chi connectivity index (χ1n) is 7.36. The molecule has 1 aromatic heterocycles. The first-order chi connectivity index (χ1) is 10.1. The van der Waals surface area contributed by atoms with E-state index in [0.717, 1.165) is 31.6 Å². The zero-order valence-corrected chi connectivity index (χ0v) is 13.6. The molecule has 1 saturated carbocycles. The summed E-state index contributed by atoms with van der Waals surface area (Å²) >= 11 is 1.48. The normalized spacial score (nSPS) is 15.4. The van der Waals surface area contributed by atoms with E-state index in [-0.39, 0.29) is 11.9 Å². The summed E-state index contributed by atoms with van der Waals surface area (Å²) in [7, 11) is 0. The Morgan fingerprint density at radius 3 is 2.76 bits per heavy atom. The van der Waals surface area contributed by atoms with Crippen LogP contribution in [0.4, 0.5) is 11.6 Å². The van der Waals surface area contributed by atoms with Crippen molar-refractivity contribution in [1.29, 1.82) is 0 Å². The summed E-state index contributed by atoms with van der Waals surface area (Å²) in [5, 5.41) is 10.1. The summed E-state index contributed by atoms with van der Waals surface area (Å²) in [4.78, 5) is 20.8. The molecule has 0 bridgehead atoms.